The molecule has 3 aromatic carbocycles. The number of thiazole rings is 1. The number of nitro benzene ring substituents is 1. The molecule has 30 heavy (non-hydrogen) atoms. The largest absolute Gasteiger partial charge is 0.484 e. The van der Waals surface area contributed by atoms with Crippen molar-refractivity contribution in [1.29, 1.82) is 0 Å². The summed E-state index contributed by atoms with van der Waals surface area (Å²) < 4.78 is 7.90. The number of rotatable bonds is 5. The molecule has 0 bridgehead atoms. The fourth-order valence-corrected chi connectivity index (χ4v) is 4.13. The first-order chi connectivity index (χ1) is 14.5. The molecule has 1 heterocycles. The van der Waals surface area contributed by atoms with Gasteiger partial charge in [-0.2, -0.15) is 4.99 Å². The molecule has 0 aliphatic carbocycles. The van der Waals surface area contributed by atoms with Gasteiger partial charge in [-0.3, -0.25) is 14.9 Å². The molecule has 1 aromatic heterocycles. The summed E-state index contributed by atoms with van der Waals surface area (Å²) in [6.07, 6.45) is 5.44. The Morgan fingerprint density at radius 2 is 1.97 bits per heavy atom. The monoisotopic (exact) mass is 417 g/mol. The van der Waals surface area contributed by atoms with E-state index in [0.29, 0.717) is 20.8 Å². The first-order valence-corrected chi connectivity index (χ1v) is 9.77. The molecule has 148 valence electrons. The van der Waals surface area contributed by atoms with Crippen molar-refractivity contribution >= 4 is 43.9 Å². The number of amides is 1. The third-order valence-electron chi connectivity index (χ3n) is 4.43. The molecule has 0 unspecified atom stereocenters. The lowest BCUT2D eigenvalue weighted by Gasteiger charge is -2.05. The van der Waals surface area contributed by atoms with Gasteiger partial charge in [0.15, 0.2) is 11.4 Å². The van der Waals surface area contributed by atoms with Gasteiger partial charge in [-0.25, -0.2) is 0 Å². The summed E-state index contributed by atoms with van der Waals surface area (Å²) in [5.41, 5.74) is 0.652. The van der Waals surface area contributed by atoms with Crippen LogP contribution in [0.1, 0.15) is 0 Å². The van der Waals surface area contributed by atoms with E-state index in [4.69, 9.17) is 11.2 Å². The summed E-state index contributed by atoms with van der Waals surface area (Å²) in [5.74, 6) is 2.61. The van der Waals surface area contributed by atoms with Crippen LogP contribution in [-0.4, -0.2) is 22.0 Å². The van der Waals surface area contributed by atoms with Crippen LogP contribution in [0.3, 0.4) is 0 Å². The highest BCUT2D eigenvalue weighted by Gasteiger charge is 2.12. The Kier molecular flexibility index (Phi) is 5.28. The third-order valence-corrected chi connectivity index (χ3v) is 5.47. The minimum Gasteiger partial charge on any atom is -0.484 e. The highest BCUT2D eigenvalue weighted by Crippen LogP contribution is 2.23. The molecule has 0 atom stereocenters. The molecule has 1 amide bonds. The van der Waals surface area contributed by atoms with Crippen LogP contribution in [0, 0.1) is 22.5 Å². The minimum absolute atomic E-state index is 0.0332. The van der Waals surface area contributed by atoms with E-state index in [1.54, 1.807) is 16.7 Å². The smallest absolute Gasteiger partial charge is 0.286 e. The number of carbonyl (C=O) groups is 1. The van der Waals surface area contributed by atoms with Gasteiger partial charge >= 0.3 is 0 Å². The van der Waals surface area contributed by atoms with E-state index in [-0.39, 0.29) is 18.8 Å². The maximum atomic E-state index is 12.4. The zero-order chi connectivity index (χ0) is 21.1. The number of non-ortho nitro benzene ring substituents is 1. The van der Waals surface area contributed by atoms with E-state index in [2.05, 4.69) is 10.9 Å². The second-order valence-corrected chi connectivity index (χ2v) is 7.40. The molecule has 0 spiro atoms. The first kappa shape index (κ1) is 19.4. The Labute approximate surface area is 175 Å². The fraction of sp³-hybridized carbons (Fsp3) is 0.0909. The Bertz CT molecular complexity index is 1400. The molecule has 0 radical (unpaired) electrons. The Balaban J connectivity index is 1.60. The minimum atomic E-state index is -0.477. The molecule has 0 aliphatic rings. The highest BCUT2D eigenvalue weighted by molar-refractivity contribution is 7.16. The van der Waals surface area contributed by atoms with Gasteiger partial charge in [0, 0.05) is 12.1 Å². The van der Waals surface area contributed by atoms with Crippen molar-refractivity contribution in [2.45, 2.75) is 6.54 Å². The summed E-state index contributed by atoms with van der Waals surface area (Å²) in [6, 6.07) is 17.9. The second kappa shape index (κ2) is 8.19. The SMILES string of the molecule is C#CCn1c(=NC(=O)COc2ccc3ccccc3c2)sc2cc([N+](=O)[O-])ccc21. The summed E-state index contributed by atoms with van der Waals surface area (Å²) in [4.78, 5) is 27.4. The van der Waals surface area contributed by atoms with Crippen LogP contribution in [0.2, 0.25) is 0 Å². The van der Waals surface area contributed by atoms with Gasteiger partial charge in [0.25, 0.3) is 11.6 Å². The zero-order valence-corrected chi connectivity index (χ0v) is 16.5. The standard InChI is InChI=1S/C22H15N3O4S/c1-2-11-24-19-10-8-17(25(27)28)13-20(19)30-22(24)23-21(26)14-29-18-9-7-15-5-3-4-6-16(15)12-18/h1,3-10,12-13H,11,14H2. The van der Waals surface area contributed by atoms with Gasteiger partial charge in [-0.05, 0) is 29.0 Å². The van der Waals surface area contributed by atoms with Crippen LogP contribution >= 0.6 is 11.3 Å². The molecular weight excluding hydrogens is 402 g/mol. The van der Waals surface area contributed by atoms with Crippen molar-refractivity contribution in [3.8, 4) is 18.1 Å². The number of nitrogens with zero attached hydrogens (tertiary/aromatic N) is 3. The lowest BCUT2D eigenvalue weighted by Crippen LogP contribution is -2.19. The number of fused-ring (bicyclic) bond motifs is 2. The highest BCUT2D eigenvalue weighted by atomic mass is 32.1. The maximum Gasteiger partial charge on any atom is 0.286 e. The molecule has 0 saturated heterocycles. The quantitative estimate of drug-likeness (QED) is 0.280. The Hall–Kier alpha value is -3.96. The van der Waals surface area contributed by atoms with Gasteiger partial charge in [0.1, 0.15) is 5.75 Å². The number of hydrogen-bond donors (Lipinski definition) is 0. The topological polar surface area (TPSA) is 86.7 Å². The molecule has 8 heteroatoms. The lowest BCUT2D eigenvalue weighted by atomic mass is 10.1. The van der Waals surface area contributed by atoms with Crippen molar-refractivity contribution in [1.82, 2.24) is 4.57 Å². The van der Waals surface area contributed by atoms with Gasteiger partial charge < -0.3 is 9.30 Å². The van der Waals surface area contributed by atoms with E-state index in [9.17, 15) is 14.9 Å². The molecule has 7 nitrogen and oxygen atoms in total. The average Bonchev–Trinajstić information content (AvgIpc) is 3.08. The predicted molar refractivity (Wildman–Crippen MR) is 115 cm³/mol. The van der Waals surface area contributed by atoms with Gasteiger partial charge in [-0.1, -0.05) is 47.6 Å². The Morgan fingerprint density at radius 3 is 2.73 bits per heavy atom. The number of terminal acetylenes is 1. The van der Waals surface area contributed by atoms with E-state index in [1.165, 1.54) is 23.5 Å². The Morgan fingerprint density at radius 1 is 1.17 bits per heavy atom. The third kappa shape index (κ3) is 3.92. The molecule has 4 aromatic rings. The summed E-state index contributed by atoms with van der Waals surface area (Å²) >= 11 is 1.17. The van der Waals surface area contributed by atoms with Gasteiger partial charge in [0.05, 0.1) is 21.7 Å². The normalized spacial score (nSPS) is 11.5. The van der Waals surface area contributed by atoms with E-state index in [1.807, 2.05) is 36.4 Å². The van der Waals surface area contributed by atoms with Crippen molar-refractivity contribution in [2.75, 3.05) is 6.61 Å². The van der Waals surface area contributed by atoms with Gasteiger partial charge in [0.2, 0.25) is 0 Å². The van der Waals surface area contributed by atoms with Crippen molar-refractivity contribution in [2.24, 2.45) is 4.99 Å². The number of hydrogen-bond acceptors (Lipinski definition) is 5. The summed E-state index contributed by atoms with van der Waals surface area (Å²) in [5, 5.41) is 13.1. The number of carbonyl (C=O) groups excluding carboxylic acids is 1. The number of ether oxygens (including phenoxy) is 1. The van der Waals surface area contributed by atoms with Crippen LogP contribution in [0.5, 0.6) is 5.75 Å². The number of benzene rings is 3. The van der Waals surface area contributed by atoms with Crippen LogP contribution < -0.4 is 9.54 Å². The van der Waals surface area contributed by atoms with Crippen LogP contribution in [0.25, 0.3) is 21.0 Å². The fourth-order valence-electron chi connectivity index (χ4n) is 3.05. The second-order valence-electron chi connectivity index (χ2n) is 6.39. The van der Waals surface area contributed by atoms with E-state index < -0.39 is 10.8 Å². The lowest BCUT2D eigenvalue weighted by molar-refractivity contribution is -0.384. The molecule has 0 saturated carbocycles. The number of nitro groups is 1. The molecule has 4 rings (SSSR count). The van der Waals surface area contributed by atoms with Gasteiger partial charge in [-0.15, -0.1) is 6.42 Å². The maximum absolute atomic E-state index is 12.4. The summed E-state index contributed by atoms with van der Waals surface area (Å²) in [6.45, 7) is -0.0434. The average molecular weight is 417 g/mol. The van der Waals surface area contributed by atoms with Crippen molar-refractivity contribution in [3.05, 3.63) is 75.6 Å². The molecule has 0 aliphatic heterocycles. The van der Waals surface area contributed by atoms with Crippen molar-refractivity contribution < 1.29 is 14.5 Å². The first-order valence-electron chi connectivity index (χ1n) is 8.95. The van der Waals surface area contributed by atoms with Crippen molar-refractivity contribution in [3.63, 3.8) is 0 Å². The molecule has 0 fully saturated rings. The van der Waals surface area contributed by atoms with E-state index in [0.717, 1.165) is 10.8 Å². The zero-order valence-electron chi connectivity index (χ0n) is 15.6. The molecular formula is C22H15N3O4S. The summed E-state index contributed by atoms with van der Waals surface area (Å²) in [7, 11) is 0. The van der Waals surface area contributed by atoms with Crippen LogP contribution in [0.15, 0.2) is 65.7 Å². The molecule has 0 N–H and O–H groups in total. The number of aromatic nitrogens is 1. The van der Waals surface area contributed by atoms with Crippen LogP contribution in [0.4, 0.5) is 5.69 Å². The predicted octanol–water partition coefficient (Wildman–Crippen LogP) is 3.90. The van der Waals surface area contributed by atoms with Crippen LogP contribution in [-0.2, 0) is 11.3 Å². The van der Waals surface area contributed by atoms with E-state index >= 15 is 0 Å².